The van der Waals surface area contributed by atoms with Crippen LogP contribution in [0.5, 0.6) is 5.75 Å². The standard InChI is InChI=1S/C23H21N5O2/c1-4-21-24-7-6-20(28-21)19-13-26-23-18(19)10-15(12-25-23)14-8-16(27-22(29)5-2)11-17(9-14)30-3/h5-13H,2,4H2,1,3H3,(H,25,26)(H,27,29). The van der Waals surface area contributed by atoms with Crippen LogP contribution in [-0.2, 0) is 11.2 Å². The second kappa shape index (κ2) is 8.16. The minimum atomic E-state index is -0.286. The number of amides is 1. The van der Waals surface area contributed by atoms with Gasteiger partial charge in [-0.1, -0.05) is 13.5 Å². The van der Waals surface area contributed by atoms with Crippen LogP contribution in [0.3, 0.4) is 0 Å². The Bertz CT molecular complexity index is 1250. The van der Waals surface area contributed by atoms with Gasteiger partial charge in [0, 0.05) is 53.3 Å². The molecule has 150 valence electrons. The zero-order valence-corrected chi connectivity index (χ0v) is 16.8. The number of nitrogens with one attached hydrogen (secondary N) is 2. The molecular formula is C23H21N5O2. The molecule has 0 aliphatic heterocycles. The molecule has 0 atom stereocenters. The molecule has 3 heterocycles. The van der Waals surface area contributed by atoms with E-state index >= 15 is 0 Å². The highest BCUT2D eigenvalue weighted by molar-refractivity contribution is 6.00. The lowest BCUT2D eigenvalue weighted by molar-refractivity contribution is -0.111. The van der Waals surface area contributed by atoms with Gasteiger partial charge < -0.3 is 15.0 Å². The third-order valence-electron chi connectivity index (χ3n) is 4.76. The summed E-state index contributed by atoms with van der Waals surface area (Å²) in [5, 5.41) is 3.73. The van der Waals surface area contributed by atoms with Crippen LogP contribution in [0.2, 0.25) is 0 Å². The van der Waals surface area contributed by atoms with Gasteiger partial charge in [0.25, 0.3) is 0 Å². The van der Waals surface area contributed by atoms with Gasteiger partial charge in [-0.25, -0.2) is 15.0 Å². The molecule has 0 bridgehead atoms. The van der Waals surface area contributed by atoms with Crippen molar-refractivity contribution in [2.24, 2.45) is 0 Å². The van der Waals surface area contributed by atoms with Gasteiger partial charge in [0.2, 0.25) is 5.91 Å². The molecule has 30 heavy (non-hydrogen) atoms. The third kappa shape index (κ3) is 3.77. The van der Waals surface area contributed by atoms with Crippen LogP contribution in [0.4, 0.5) is 5.69 Å². The number of carbonyl (C=O) groups is 1. The summed E-state index contributed by atoms with van der Waals surface area (Å²) in [5.41, 5.74) is 4.95. The smallest absolute Gasteiger partial charge is 0.247 e. The van der Waals surface area contributed by atoms with Crippen LogP contribution in [0, 0.1) is 0 Å². The average Bonchev–Trinajstić information content (AvgIpc) is 3.22. The van der Waals surface area contributed by atoms with E-state index in [1.165, 1.54) is 6.08 Å². The number of rotatable bonds is 6. The van der Waals surface area contributed by atoms with Gasteiger partial charge in [-0.2, -0.15) is 0 Å². The highest BCUT2D eigenvalue weighted by Gasteiger charge is 2.12. The Kier molecular flexibility index (Phi) is 5.26. The number of hydrogen-bond acceptors (Lipinski definition) is 5. The number of nitrogens with zero attached hydrogens (tertiary/aromatic N) is 3. The molecule has 2 N–H and O–H groups in total. The second-order valence-electron chi connectivity index (χ2n) is 6.68. The fourth-order valence-electron chi connectivity index (χ4n) is 3.24. The first-order chi connectivity index (χ1) is 14.6. The summed E-state index contributed by atoms with van der Waals surface area (Å²) in [6.07, 6.45) is 7.46. The number of aryl methyl sites for hydroxylation is 1. The second-order valence-corrected chi connectivity index (χ2v) is 6.68. The summed E-state index contributed by atoms with van der Waals surface area (Å²) in [6, 6.07) is 9.47. The van der Waals surface area contributed by atoms with Gasteiger partial charge in [-0.05, 0) is 35.9 Å². The maximum atomic E-state index is 11.7. The number of H-pyrrole nitrogens is 1. The van der Waals surface area contributed by atoms with Crippen LogP contribution in [-0.4, -0.2) is 33.0 Å². The van der Waals surface area contributed by atoms with Crippen molar-refractivity contribution in [3.05, 3.63) is 67.4 Å². The summed E-state index contributed by atoms with van der Waals surface area (Å²) in [7, 11) is 1.59. The summed E-state index contributed by atoms with van der Waals surface area (Å²) in [6.45, 7) is 5.52. The number of methoxy groups -OCH3 is 1. The Hall–Kier alpha value is -4.00. The van der Waals surface area contributed by atoms with E-state index in [1.54, 1.807) is 25.6 Å². The van der Waals surface area contributed by atoms with E-state index in [2.05, 4.69) is 37.9 Å². The molecule has 7 heteroatoms. The molecule has 4 aromatic rings. The van der Waals surface area contributed by atoms with Crippen molar-refractivity contribution in [2.45, 2.75) is 13.3 Å². The quantitative estimate of drug-likeness (QED) is 0.469. The van der Waals surface area contributed by atoms with Gasteiger partial charge in [0.15, 0.2) is 0 Å². The molecule has 0 radical (unpaired) electrons. The molecule has 7 nitrogen and oxygen atoms in total. The highest BCUT2D eigenvalue weighted by Crippen LogP contribution is 2.33. The maximum Gasteiger partial charge on any atom is 0.247 e. The predicted octanol–water partition coefficient (Wildman–Crippen LogP) is 4.38. The van der Waals surface area contributed by atoms with E-state index in [1.807, 2.05) is 31.3 Å². The molecular weight excluding hydrogens is 378 g/mol. The van der Waals surface area contributed by atoms with Crippen LogP contribution < -0.4 is 10.1 Å². The molecule has 4 rings (SSSR count). The molecule has 0 saturated carbocycles. The Labute approximate surface area is 173 Å². The molecule has 0 spiro atoms. The van der Waals surface area contributed by atoms with Gasteiger partial charge in [-0.15, -0.1) is 0 Å². The number of carbonyl (C=O) groups excluding carboxylic acids is 1. The number of hydrogen-bond donors (Lipinski definition) is 2. The monoisotopic (exact) mass is 399 g/mol. The van der Waals surface area contributed by atoms with E-state index in [0.29, 0.717) is 11.4 Å². The van der Waals surface area contributed by atoms with Crippen molar-refractivity contribution in [3.63, 3.8) is 0 Å². The third-order valence-corrected chi connectivity index (χ3v) is 4.76. The van der Waals surface area contributed by atoms with Crippen molar-refractivity contribution in [1.82, 2.24) is 19.9 Å². The predicted molar refractivity (Wildman–Crippen MR) is 117 cm³/mol. The summed E-state index contributed by atoms with van der Waals surface area (Å²) < 4.78 is 5.40. The normalized spacial score (nSPS) is 10.7. The van der Waals surface area contributed by atoms with Crippen LogP contribution in [0.1, 0.15) is 12.7 Å². The molecule has 0 unspecified atom stereocenters. The lowest BCUT2D eigenvalue weighted by atomic mass is 10.0. The van der Waals surface area contributed by atoms with E-state index in [0.717, 1.165) is 45.7 Å². The molecule has 0 aliphatic carbocycles. The van der Waals surface area contributed by atoms with Crippen LogP contribution >= 0.6 is 0 Å². The van der Waals surface area contributed by atoms with Gasteiger partial charge in [0.05, 0.1) is 12.8 Å². The summed E-state index contributed by atoms with van der Waals surface area (Å²) >= 11 is 0. The van der Waals surface area contributed by atoms with Crippen LogP contribution in [0.25, 0.3) is 33.4 Å². The van der Waals surface area contributed by atoms with Crippen molar-refractivity contribution < 1.29 is 9.53 Å². The first-order valence-corrected chi connectivity index (χ1v) is 9.53. The molecule has 1 aromatic carbocycles. The first-order valence-electron chi connectivity index (χ1n) is 9.53. The number of aromatic nitrogens is 4. The van der Waals surface area contributed by atoms with Crippen LogP contribution in [0.15, 0.2) is 61.6 Å². The summed E-state index contributed by atoms with van der Waals surface area (Å²) in [5.74, 6) is 1.14. The van der Waals surface area contributed by atoms with Crippen molar-refractivity contribution >= 4 is 22.6 Å². The molecule has 1 amide bonds. The van der Waals surface area contributed by atoms with E-state index in [4.69, 9.17) is 4.74 Å². The number of benzene rings is 1. The first kappa shape index (κ1) is 19.3. The van der Waals surface area contributed by atoms with Gasteiger partial charge >= 0.3 is 0 Å². The zero-order chi connectivity index (χ0) is 21.1. The molecule has 0 saturated heterocycles. The summed E-state index contributed by atoms with van der Waals surface area (Å²) in [4.78, 5) is 28.4. The fraction of sp³-hybridized carbons (Fsp3) is 0.130. The Morgan fingerprint density at radius 1 is 1.23 bits per heavy atom. The number of ether oxygens (including phenoxy) is 1. The number of anilines is 1. The Morgan fingerprint density at radius 2 is 2.10 bits per heavy atom. The lowest BCUT2D eigenvalue weighted by Crippen LogP contribution is -2.07. The van der Waals surface area contributed by atoms with Gasteiger partial charge in [-0.3, -0.25) is 4.79 Å². The number of aromatic amines is 1. The van der Waals surface area contributed by atoms with Gasteiger partial charge in [0.1, 0.15) is 17.2 Å². The maximum absolute atomic E-state index is 11.7. The minimum Gasteiger partial charge on any atom is -0.497 e. The molecule has 0 fully saturated rings. The Morgan fingerprint density at radius 3 is 2.87 bits per heavy atom. The van der Waals surface area contributed by atoms with Crippen molar-refractivity contribution in [3.8, 4) is 28.1 Å². The topological polar surface area (TPSA) is 92.8 Å². The van der Waals surface area contributed by atoms with Crippen molar-refractivity contribution in [2.75, 3.05) is 12.4 Å². The minimum absolute atomic E-state index is 0.286. The highest BCUT2D eigenvalue weighted by atomic mass is 16.5. The van der Waals surface area contributed by atoms with E-state index < -0.39 is 0 Å². The van der Waals surface area contributed by atoms with E-state index in [-0.39, 0.29) is 5.91 Å². The molecule has 3 aromatic heterocycles. The number of fused-ring (bicyclic) bond motifs is 1. The largest absolute Gasteiger partial charge is 0.497 e. The SMILES string of the molecule is C=CC(=O)Nc1cc(OC)cc(-c2cnc3[nH]cc(-c4ccnc(CC)n4)c3c2)c1. The molecule has 0 aliphatic rings. The van der Waals surface area contributed by atoms with Crippen molar-refractivity contribution in [1.29, 1.82) is 0 Å². The lowest BCUT2D eigenvalue weighted by Gasteiger charge is -2.10. The zero-order valence-electron chi connectivity index (χ0n) is 16.8. The Balaban J connectivity index is 1.81. The number of pyridine rings is 1. The average molecular weight is 399 g/mol. The fourth-order valence-corrected chi connectivity index (χ4v) is 3.24. The van der Waals surface area contributed by atoms with E-state index in [9.17, 15) is 4.79 Å².